The molecule has 12 heteroatoms. The van der Waals surface area contributed by atoms with Gasteiger partial charge in [0.15, 0.2) is 5.82 Å². The van der Waals surface area contributed by atoms with Gasteiger partial charge in [-0.25, -0.2) is 5.10 Å². The molecule has 0 spiro atoms. The Labute approximate surface area is 195 Å². The molecule has 2 aliphatic rings. The Balaban J connectivity index is 0.00000225. The van der Waals surface area contributed by atoms with Crippen LogP contribution < -0.4 is 11.1 Å². The summed E-state index contributed by atoms with van der Waals surface area (Å²) in [6.45, 7) is 4.02. The number of aromatic nitrogens is 4. The molecule has 10 nitrogen and oxygen atoms in total. The van der Waals surface area contributed by atoms with Gasteiger partial charge in [-0.05, 0) is 42.0 Å². The molecule has 146 valence electrons. The number of β-lactam (4-membered cyclic amide) rings is 1. The van der Waals surface area contributed by atoms with Crippen LogP contribution in [-0.4, -0.2) is 96.3 Å². The molecule has 0 radical (unpaired) electrons. The number of thioether (sulfide) groups is 1. The summed E-state index contributed by atoms with van der Waals surface area (Å²) in [5.41, 5.74) is 6.55. The van der Waals surface area contributed by atoms with E-state index >= 15 is 0 Å². The van der Waals surface area contributed by atoms with Gasteiger partial charge in [-0.3, -0.25) is 9.59 Å². The molecule has 4 rings (SSSR count). The van der Waals surface area contributed by atoms with Gasteiger partial charge in [0.05, 0.1) is 0 Å². The third-order valence-electron chi connectivity index (χ3n) is 4.89. The zero-order valence-electron chi connectivity index (χ0n) is 14.7. The van der Waals surface area contributed by atoms with Gasteiger partial charge < -0.3 is 21.1 Å². The summed E-state index contributed by atoms with van der Waals surface area (Å²) in [7, 11) is 0. The predicted molar refractivity (Wildman–Crippen MR) is 105 cm³/mol. The topological polar surface area (TPSA) is 150 Å². The summed E-state index contributed by atoms with van der Waals surface area (Å²) in [6, 6.07) is 4.21. The molecule has 2 saturated heterocycles. The van der Waals surface area contributed by atoms with Gasteiger partial charge in [-0.1, -0.05) is 12.1 Å². The molecule has 0 saturated carbocycles. The number of phenols is 1. The maximum atomic E-state index is 12.7. The second kappa shape index (κ2) is 7.79. The summed E-state index contributed by atoms with van der Waals surface area (Å²) in [4.78, 5) is 26.9. The first kappa shape index (κ1) is 21.3. The number of nitrogens with zero attached hydrogens (tertiary/aromatic N) is 4. The molecule has 4 atom stereocenters. The number of carbonyl (C=O) groups is 2. The molecule has 2 aliphatic heterocycles. The molecular weight excluding hydrogens is 410 g/mol. The second-order valence-corrected chi connectivity index (χ2v) is 8.87. The Bertz CT molecular complexity index is 877. The summed E-state index contributed by atoms with van der Waals surface area (Å²) < 4.78 is -0.319. The van der Waals surface area contributed by atoms with Crippen LogP contribution in [0.1, 0.15) is 37.3 Å². The van der Waals surface area contributed by atoms with Crippen molar-refractivity contribution in [3.05, 3.63) is 35.7 Å². The number of tetrazole rings is 1. The average Bonchev–Trinajstić information content (AvgIpc) is 3.23. The van der Waals surface area contributed by atoms with Crippen LogP contribution in [0.3, 0.4) is 0 Å². The molecule has 2 amide bonds. The van der Waals surface area contributed by atoms with E-state index in [4.69, 9.17) is 5.73 Å². The van der Waals surface area contributed by atoms with Gasteiger partial charge >= 0.3 is 37.7 Å². The molecule has 0 bridgehead atoms. The predicted octanol–water partition coefficient (Wildman–Crippen LogP) is -1.09. The van der Waals surface area contributed by atoms with Crippen molar-refractivity contribution in [2.45, 2.75) is 42.1 Å². The summed E-state index contributed by atoms with van der Waals surface area (Å²) >= 11 is 1.59. The van der Waals surface area contributed by atoms with Crippen molar-refractivity contribution in [1.29, 1.82) is 0 Å². The molecule has 28 heavy (non-hydrogen) atoms. The Hall–Kier alpha value is -1.40. The maximum absolute atomic E-state index is 12.7. The van der Waals surface area contributed by atoms with E-state index in [1.54, 1.807) is 28.8 Å². The summed E-state index contributed by atoms with van der Waals surface area (Å²) in [6.07, 6.45) is 0. The normalized spacial score (nSPS) is 26.0. The van der Waals surface area contributed by atoms with Gasteiger partial charge in [0.25, 0.3) is 0 Å². The third kappa shape index (κ3) is 3.50. The van der Waals surface area contributed by atoms with Gasteiger partial charge in [-0.15, -0.1) is 16.9 Å². The van der Waals surface area contributed by atoms with E-state index in [-0.39, 0.29) is 65.6 Å². The molecule has 2 fully saturated rings. The quantitative estimate of drug-likeness (QED) is 0.352. The molecule has 5 N–H and O–H groups in total. The van der Waals surface area contributed by atoms with Crippen LogP contribution in [-0.2, 0) is 9.59 Å². The van der Waals surface area contributed by atoms with Crippen LogP contribution in [0.4, 0.5) is 0 Å². The molecular formula is C16H21CaN7O3S. The van der Waals surface area contributed by atoms with Crippen LogP contribution >= 0.6 is 11.8 Å². The number of phenolic OH excluding ortho intramolecular Hbond substituents is 1. The van der Waals surface area contributed by atoms with Crippen molar-refractivity contribution in [3.8, 4) is 5.75 Å². The minimum absolute atomic E-state index is 0. The fourth-order valence-electron chi connectivity index (χ4n) is 3.55. The molecule has 0 aliphatic carbocycles. The molecule has 1 aromatic heterocycles. The van der Waals surface area contributed by atoms with E-state index in [1.807, 2.05) is 13.8 Å². The van der Waals surface area contributed by atoms with Crippen LogP contribution in [0.15, 0.2) is 24.3 Å². The van der Waals surface area contributed by atoms with Gasteiger partial charge in [-0.2, -0.15) is 0 Å². The van der Waals surface area contributed by atoms with E-state index in [9.17, 15) is 14.7 Å². The first-order chi connectivity index (χ1) is 12.8. The number of rotatable bonds is 4. The summed E-state index contributed by atoms with van der Waals surface area (Å²) in [5, 5.41) is 25.8. The second-order valence-electron chi connectivity index (χ2n) is 7.10. The summed E-state index contributed by atoms with van der Waals surface area (Å²) in [5.74, 6) is -0.0183. The Morgan fingerprint density at radius 1 is 1.39 bits per heavy atom. The number of nitrogens with one attached hydrogen (secondary N) is 2. The number of nitrogens with two attached hydrogens (primary N) is 1. The van der Waals surface area contributed by atoms with Crippen molar-refractivity contribution >= 4 is 61.3 Å². The van der Waals surface area contributed by atoms with Gasteiger partial charge in [0.1, 0.15) is 29.2 Å². The average molecular weight is 432 g/mol. The van der Waals surface area contributed by atoms with E-state index in [2.05, 4.69) is 25.9 Å². The van der Waals surface area contributed by atoms with Crippen LogP contribution in [0.2, 0.25) is 0 Å². The Kier molecular flexibility index (Phi) is 5.93. The van der Waals surface area contributed by atoms with Crippen molar-refractivity contribution in [2.75, 3.05) is 0 Å². The van der Waals surface area contributed by atoms with Crippen LogP contribution in [0.25, 0.3) is 0 Å². The number of fused-ring (bicyclic) bond motifs is 1. The van der Waals surface area contributed by atoms with E-state index in [0.29, 0.717) is 11.4 Å². The van der Waals surface area contributed by atoms with Crippen molar-refractivity contribution < 1.29 is 14.7 Å². The van der Waals surface area contributed by atoms with Crippen molar-refractivity contribution in [3.63, 3.8) is 0 Å². The first-order valence-corrected chi connectivity index (χ1v) is 9.26. The van der Waals surface area contributed by atoms with Crippen molar-refractivity contribution in [1.82, 2.24) is 30.8 Å². The van der Waals surface area contributed by atoms with E-state index in [1.165, 1.54) is 12.1 Å². The Morgan fingerprint density at radius 3 is 2.68 bits per heavy atom. The molecule has 3 unspecified atom stereocenters. The number of H-pyrrole nitrogens is 1. The fraction of sp³-hybridized carbons (Fsp3) is 0.438. The SMILES string of the molecule is CC1(C)S[C@H]2C(NC(=O)C(N)c3ccc(O)cc3)C(=O)N2C1c1nnn[nH]1.[CaH2]. The van der Waals surface area contributed by atoms with Gasteiger partial charge in [0, 0.05) is 4.75 Å². The fourth-order valence-corrected chi connectivity index (χ4v) is 5.18. The zero-order valence-corrected chi connectivity index (χ0v) is 15.5. The molecule has 2 aromatic rings. The zero-order chi connectivity index (χ0) is 19.3. The van der Waals surface area contributed by atoms with Crippen molar-refractivity contribution in [2.24, 2.45) is 5.73 Å². The molecule has 3 heterocycles. The molecule has 1 aromatic carbocycles. The Morgan fingerprint density at radius 2 is 2.07 bits per heavy atom. The van der Waals surface area contributed by atoms with Gasteiger partial charge in [0.2, 0.25) is 11.8 Å². The standard InChI is InChI=1S/C16H19N7O3S.Ca.2H/c1-16(2)11(12-19-21-22-20-12)23-14(26)10(15(23)27-16)18-13(25)9(17)7-3-5-8(24)6-4-7;;;/h3-6,9-11,15,24H,17H2,1-2H3,(H,18,25)(H,19,20,21,22);;;/t9?,10?,11?,15-;;;/m0.../s1. The minimum atomic E-state index is -0.930. The number of hydrogen-bond acceptors (Lipinski definition) is 8. The van der Waals surface area contributed by atoms with E-state index in [0.717, 1.165) is 0 Å². The number of aromatic hydroxyl groups is 1. The first-order valence-electron chi connectivity index (χ1n) is 8.38. The van der Waals surface area contributed by atoms with Crippen LogP contribution in [0.5, 0.6) is 5.75 Å². The number of hydrogen-bond donors (Lipinski definition) is 4. The number of benzene rings is 1. The number of amides is 2. The third-order valence-corrected chi connectivity index (χ3v) is 6.47. The van der Waals surface area contributed by atoms with E-state index < -0.39 is 18.0 Å². The number of carbonyl (C=O) groups excluding carboxylic acids is 2. The van der Waals surface area contributed by atoms with Crippen LogP contribution in [0, 0.1) is 0 Å². The number of aromatic amines is 1. The monoisotopic (exact) mass is 431 g/mol.